The van der Waals surface area contributed by atoms with Crippen molar-refractivity contribution in [1.82, 2.24) is 5.32 Å². The molecule has 1 aromatic rings. The van der Waals surface area contributed by atoms with Crippen LogP contribution >= 0.6 is 0 Å². The molecule has 0 saturated heterocycles. The first-order valence-electron chi connectivity index (χ1n) is 7.96. The van der Waals surface area contributed by atoms with Gasteiger partial charge in [0, 0.05) is 12.6 Å². The largest absolute Gasteiger partial charge is 0.508 e. The molecule has 1 aromatic carbocycles. The average Bonchev–Trinajstić information content (AvgIpc) is 2.63. The van der Waals surface area contributed by atoms with E-state index in [1.54, 1.807) is 12.1 Å². The van der Waals surface area contributed by atoms with Crippen molar-refractivity contribution in [1.29, 1.82) is 0 Å². The molecular formula is C18H29NO. The molecule has 20 heavy (non-hydrogen) atoms. The number of rotatable bonds is 3. The second-order valence-corrected chi connectivity index (χ2v) is 7.32. The van der Waals surface area contributed by atoms with Crippen molar-refractivity contribution in [2.75, 3.05) is 0 Å². The highest BCUT2D eigenvalue weighted by Gasteiger charge is 2.27. The number of phenols is 1. The molecule has 0 amide bonds. The second kappa shape index (κ2) is 6.62. The van der Waals surface area contributed by atoms with Crippen LogP contribution in [0.2, 0.25) is 0 Å². The molecule has 2 nitrogen and oxygen atoms in total. The van der Waals surface area contributed by atoms with E-state index in [0.717, 1.165) is 12.5 Å². The van der Waals surface area contributed by atoms with E-state index in [-0.39, 0.29) is 0 Å². The lowest BCUT2D eigenvalue weighted by Crippen LogP contribution is -2.28. The van der Waals surface area contributed by atoms with Crippen LogP contribution < -0.4 is 5.32 Å². The van der Waals surface area contributed by atoms with E-state index in [0.29, 0.717) is 17.2 Å². The van der Waals surface area contributed by atoms with Crippen molar-refractivity contribution in [3.8, 4) is 5.75 Å². The summed E-state index contributed by atoms with van der Waals surface area (Å²) < 4.78 is 0. The van der Waals surface area contributed by atoms with Crippen molar-refractivity contribution in [2.45, 2.75) is 65.5 Å². The maximum atomic E-state index is 9.30. The number of hydrogen-bond acceptors (Lipinski definition) is 2. The summed E-state index contributed by atoms with van der Waals surface area (Å²) in [6.07, 6.45) is 6.65. The molecule has 2 N–H and O–H groups in total. The predicted octanol–water partition coefficient (Wildman–Crippen LogP) is 4.48. The maximum absolute atomic E-state index is 9.30. The predicted molar refractivity (Wildman–Crippen MR) is 84.8 cm³/mol. The Kier molecular flexibility index (Phi) is 5.09. The van der Waals surface area contributed by atoms with Crippen molar-refractivity contribution < 1.29 is 5.11 Å². The summed E-state index contributed by atoms with van der Waals surface area (Å²) in [5, 5.41) is 13.0. The van der Waals surface area contributed by atoms with Gasteiger partial charge in [-0.2, -0.15) is 0 Å². The SMILES string of the molecule is CC(C)(C)C1CCCC(NCc2ccc(O)cc2)CC1. The fourth-order valence-corrected chi connectivity index (χ4v) is 3.25. The molecule has 0 heterocycles. The monoisotopic (exact) mass is 275 g/mol. The molecule has 112 valence electrons. The molecule has 0 bridgehead atoms. The maximum Gasteiger partial charge on any atom is 0.115 e. The van der Waals surface area contributed by atoms with E-state index in [2.05, 4.69) is 26.1 Å². The first kappa shape index (κ1) is 15.4. The summed E-state index contributed by atoms with van der Waals surface area (Å²) in [7, 11) is 0. The van der Waals surface area contributed by atoms with Gasteiger partial charge in [0.15, 0.2) is 0 Å². The van der Waals surface area contributed by atoms with Crippen LogP contribution in [-0.4, -0.2) is 11.1 Å². The van der Waals surface area contributed by atoms with Gasteiger partial charge in [0.2, 0.25) is 0 Å². The Labute approximate surface area is 123 Å². The van der Waals surface area contributed by atoms with E-state index in [1.807, 2.05) is 12.1 Å². The third kappa shape index (κ3) is 4.52. The highest BCUT2D eigenvalue weighted by Crippen LogP contribution is 2.36. The normalized spacial score (nSPS) is 24.4. The minimum Gasteiger partial charge on any atom is -0.508 e. The van der Waals surface area contributed by atoms with Crippen LogP contribution in [0.25, 0.3) is 0 Å². The van der Waals surface area contributed by atoms with Gasteiger partial charge in [-0.25, -0.2) is 0 Å². The molecular weight excluding hydrogens is 246 g/mol. The third-order valence-electron chi connectivity index (χ3n) is 4.72. The Morgan fingerprint density at radius 2 is 1.75 bits per heavy atom. The van der Waals surface area contributed by atoms with E-state index in [1.165, 1.54) is 37.7 Å². The van der Waals surface area contributed by atoms with Gasteiger partial charge >= 0.3 is 0 Å². The summed E-state index contributed by atoms with van der Waals surface area (Å²) in [4.78, 5) is 0. The highest BCUT2D eigenvalue weighted by atomic mass is 16.3. The highest BCUT2D eigenvalue weighted by molar-refractivity contribution is 5.25. The molecule has 0 aliphatic heterocycles. The Bertz CT molecular complexity index is 404. The molecule has 1 fully saturated rings. The quantitative estimate of drug-likeness (QED) is 0.797. The standard InChI is InChI=1S/C18H29NO/c1-18(2,3)15-5-4-6-16(10-9-15)19-13-14-7-11-17(20)12-8-14/h7-8,11-12,15-16,19-20H,4-6,9-10,13H2,1-3H3. The average molecular weight is 275 g/mol. The Morgan fingerprint density at radius 1 is 1.05 bits per heavy atom. The molecule has 1 aliphatic carbocycles. The second-order valence-electron chi connectivity index (χ2n) is 7.32. The van der Waals surface area contributed by atoms with Gasteiger partial charge in [0.1, 0.15) is 5.75 Å². The zero-order valence-electron chi connectivity index (χ0n) is 13.2. The fourth-order valence-electron chi connectivity index (χ4n) is 3.25. The van der Waals surface area contributed by atoms with Crippen molar-refractivity contribution in [3.63, 3.8) is 0 Å². The number of benzene rings is 1. The Morgan fingerprint density at radius 3 is 2.40 bits per heavy atom. The van der Waals surface area contributed by atoms with Crippen molar-refractivity contribution >= 4 is 0 Å². The number of aromatic hydroxyl groups is 1. The minimum atomic E-state index is 0.344. The summed E-state index contributed by atoms with van der Waals surface area (Å²) in [6, 6.07) is 8.17. The van der Waals surface area contributed by atoms with Crippen LogP contribution in [0.1, 0.15) is 58.4 Å². The van der Waals surface area contributed by atoms with Gasteiger partial charge in [-0.05, 0) is 54.7 Å². The molecule has 0 aromatic heterocycles. The van der Waals surface area contributed by atoms with Crippen molar-refractivity contribution in [2.24, 2.45) is 11.3 Å². The van der Waals surface area contributed by atoms with Crippen LogP contribution in [-0.2, 0) is 6.54 Å². The number of hydrogen-bond donors (Lipinski definition) is 2. The molecule has 2 rings (SSSR count). The van der Waals surface area contributed by atoms with Crippen LogP contribution in [0.4, 0.5) is 0 Å². The topological polar surface area (TPSA) is 32.3 Å². The number of nitrogens with one attached hydrogen (secondary N) is 1. The first-order chi connectivity index (χ1) is 9.45. The summed E-state index contributed by atoms with van der Waals surface area (Å²) >= 11 is 0. The number of phenolic OH excluding ortho intramolecular Hbond substituents is 1. The molecule has 1 aliphatic rings. The molecule has 0 spiro atoms. The fraction of sp³-hybridized carbons (Fsp3) is 0.667. The zero-order chi connectivity index (χ0) is 14.6. The van der Waals surface area contributed by atoms with E-state index in [4.69, 9.17) is 0 Å². The molecule has 1 saturated carbocycles. The van der Waals surface area contributed by atoms with Gasteiger partial charge in [0.05, 0.1) is 0 Å². The molecule has 0 radical (unpaired) electrons. The van der Waals surface area contributed by atoms with Gasteiger partial charge in [0.25, 0.3) is 0 Å². The lowest BCUT2D eigenvalue weighted by atomic mass is 9.76. The van der Waals surface area contributed by atoms with Crippen LogP contribution in [0, 0.1) is 11.3 Å². The Balaban J connectivity index is 1.81. The molecule has 2 heteroatoms. The molecule has 2 atom stereocenters. The van der Waals surface area contributed by atoms with Gasteiger partial charge in [-0.15, -0.1) is 0 Å². The third-order valence-corrected chi connectivity index (χ3v) is 4.72. The minimum absolute atomic E-state index is 0.344. The Hall–Kier alpha value is -1.02. The van der Waals surface area contributed by atoms with E-state index in [9.17, 15) is 5.11 Å². The van der Waals surface area contributed by atoms with Gasteiger partial charge < -0.3 is 10.4 Å². The summed E-state index contributed by atoms with van der Waals surface area (Å²) in [5.74, 6) is 1.21. The summed E-state index contributed by atoms with van der Waals surface area (Å²) in [6.45, 7) is 8.04. The lowest BCUT2D eigenvalue weighted by Gasteiger charge is -2.29. The van der Waals surface area contributed by atoms with Gasteiger partial charge in [-0.1, -0.05) is 39.3 Å². The van der Waals surface area contributed by atoms with E-state index >= 15 is 0 Å². The van der Waals surface area contributed by atoms with Crippen LogP contribution in [0.15, 0.2) is 24.3 Å². The van der Waals surface area contributed by atoms with Crippen LogP contribution in [0.3, 0.4) is 0 Å². The van der Waals surface area contributed by atoms with E-state index < -0.39 is 0 Å². The zero-order valence-corrected chi connectivity index (χ0v) is 13.2. The lowest BCUT2D eigenvalue weighted by molar-refractivity contribution is 0.213. The molecule has 2 unspecified atom stereocenters. The smallest absolute Gasteiger partial charge is 0.115 e. The van der Waals surface area contributed by atoms with Crippen molar-refractivity contribution in [3.05, 3.63) is 29.8 Å². The summed E-state index contributed by atoms with van der Waals surface area (Å²) in [5.41, 5.74) is 1.70. The first-order valence-corrected chi connectivity index (χ1v) is 7.96. The van der Waals surface area contributed by atoms with Gasteiger partial charge in [-0.3, -0.25) is 0 Å². The van der Waals surface area contributed by atoms with Crippen LogP contribution in [0.5, 0.6) is 5.75 Å².